The molecule has 0 fully saturated rings. The molecule has 0 aromatic heterocycles. The topological polar surface area (TPSA) is 58.2 Å². The van der Waals surface area contributed by atoms with Gasteiger partial charge in [-0.1, -0.05) is 12.1 Å². The van der Waals surface area contributed by atoms with Crippen LogP contribution in [0.15, 0.2) is 47.4 Å². The lowest BCUT2D eigenvalue weighted by molar-refractivity contribution is -0.133. The van der Waals surface area contributed by atoms with Crippen LogP contribution in [0.2, 0.25) is 0 Å². The summed E-state index contributed by atoms with van der Waals surface area (Å²) in [4.78, 5) is 24.4. The van der Waals surface area contributed by atoms with E-state index < -0.39 is 29.1 Å². The van der Waals surface area contributed by atoms with Gasteiger partial charge in [0.1, 0.15) is 17.3 Å². The number of amides is 2. The number of anilines is 2. The normalized spacial score (nSPS) is 10.1. The van der Waals surface area contributed by atoms with Crippen LogP contribution in [0.5, 0.6) is 0 Å². The molecule has 114 valence electrons. The van der Waals surface area contributed by atoms with Gasteiger partial charge in [0, 0.05) is 10.6 Å². The van der Waals surface area contributed by atoms with Gasteiger partial charge < -0.3 is 10.6 Å². The van der Waals surface area contributed by atoms with Crippen LogP contribution in [0.4, 0.5) is 20.2 Å². The van der Waals surface area contributed by atoms with Crippen LogP contribution < -0.4 is 10.6 Å². The van der Waals surface area contributed by atoms with E-state index >= 15 is 0 Å². The SMILES string of the molecule is CSc1cccc(NC(=O)C(=O)Nc2c(F)cccc2F)c1. The fourth-order valence-electron chi connectivity index (χ4n) is 1.68. The maximum Gasteiger partial charge on any atom is 0.314 e. The number of halogens is 2. The Morgan fingerprint density at radius 1 is 0.955 bits per heavy atom. The summed E-state index contributed by atoms with van der Waals surface area (Å²) in [6.45, 7) is 0. The van der Waals surface area contributed by atoms with E-state index in [1.807, 2.05) is 17.6 Å². The van der Waals surface area contributed by atoms with E-state index in [0.29, 0.717) is 5.69 Å². The number of para-hydroxylation sites is 1. The van der Waals surface area contributed by atoms with Crippen molar-refractivity contribution in [1.29, 1.82) is 0 Å². The molecule has 2 amide bonds. The van der Waals surface area contributed by atoms with Crippen molar-refractivity contribution in [3.63, 3.8) is 0 Å². The zero-order valence-corrected chi connectivity index (χ0v) is 12.3. The van der Waals surface area contributed by atoms with Crippen LogP contribution >= 0.6 is 11.8 Å². The van der Waals surface area contributed by atoms with Crippen molar-refractivity contribution in [1.82, 2.24) is 0 Å². The smallest absolute Gasteiger partial charge is 0.314 e. The lowest BCUT2D eigenvalue weighted by atomic mass is 10.3. The number of benzene rings is 2. The highest BCUT2D eigenvalue weighted by molar-refractivity contribution is 7.98. The molecular weight excluding hydrogens is 310 g/mol. The lowest BCUT2D eigenvalue weighted by Crippen LogP contribution is -2.29. The first kappa shape index (κ1) is 16.0. The van der Waals surface area contributed by atoms with Crippen molar-refractivity contribution < 1.29 is 18.4 Å². The third kappa shape index (κ3) is 3.82. The fraction of sp³-hybridized carbons (Fsp3) is 0.0667. The number of thioether (sulfide) groups is 1. The minimum absolute atomic E-state index is 0.418. The summed E-state index contributed by atoms with van der Waals surface area (Å²) in [5, 5.41) is 4.29. The molecule has 0 atom stereocenters. The highest BCUT2D eigenvalue weighted by Gasteiger charge is 2.18. The van der Waals surface area contributed by atoms with Crippen molar-refractivity contribution in [2.75, 3.05) is 16.9 Å². The molecule has 2 rings (SSSR count). The number of hydrogen-bond acceptors (Lipinski definition) is 3. The van der Waals surface area contributed by atoms with Crippen molar-refractivity contribution in [3.8, 4) is 0 Å². The highest BCUT2D eigenvalue weighted by atomic mass is 32.2. The lowest BCUT2D eigenvalue weighted by Gasteiger charge is -2.08. The summed E-state index contributed by atoms with van der Waals surface area (Å²) in [6, 6.07) is 9.98. The molecular formula is C15H12F2N2O2S. The van der Waals surface area contributed by atoms with E-state index in [2.05, 4.69) is 5.32 Å². The van der Waals surface area contributed by atoms with Crippen molar-refractivity contribution in [2.45, 2.75) is 4.90 Å². The molecule has 0 aliphatic rings. The van der Waals surface area contributed by atoms with Crippen LogP contribution in [0.25, 0.3) is 0 Å². The van der Waals surface area contributed by atoms with E-state index in [9.17, 15) is 18.4 Å². The quantitative estimate of drug-likeness (QED) is 0.673. The monoisotopic (exact) mass is 322 g/mol. The van der Waals surface area contributed by atoms with Gasteiger partial charge in [-0.3, -0.25) is 9.59 Å². The molecule has 0 aliphatic heterocycles. The first-order valence-electron chi connectivity index (χ1n) is 6.21. The van der Waals surface area contributed by atoms with Crippen LogP contribution in [0.3, 0.4) is 0 Å². The molecule has 0 aliphatic carbocycles. The molecule has 0 unspecified atom stereocenters. The predicted octanol–water partition coefficient (Wildman–Crippen LogP) is 3.26. The predicted molar refractivity (Wildman–Crippen MR) is 81.8 cm³/mol. The second-order valence-corrected chi connectivity index (χ2v) is 5.12. The molecule has 2 aromatic rings. The first-order valence-corrected chi connectivity index (χ1v) is 7.44. The standard InChI is InChI=1S/C15H12F2N2O2S/c1-22-10-5-2-4-9(8-10)18-14(20)15(21)19-13-11(16)6-3-7-12(13)17/h2-8H,1H3,(H,18,20)(H,19,21). The van der Waals surface area contributed by atoms with Crippen LogP contribution in [0.1, 0.15) is 0 Å². The van der Waals surface area contributed by atoms with Crippen molar-refractivity contribution in [3.05, 3.63) is 54.1 Å². The summed E-state index contributed by atoms with van der Waals surface area (Å²) in [5.41, 5.74) is -0.235. The summed E-state index contributed by atoms with van der Waals surface area (Å²) in [6.07, 6.45) is 1.87. The van der Waals surface area contributed by atoms with Crippen LogP contribution in [-0.2, 0) is 9.59 Å². The summed E-state index contributed by atoms with van der Waals surface area (Å²) >= 11 is 1.47. The average Bonchev–Trinajstić information content (AvgIpc) is 2.51. The zero-order valence-electron chi connectivity index (χ0n) is 11.5. The Hall–Kier alpha value is -2.41. The second-order valence-electron chi connectivity index (χ2n) is 4.24. The Morgan fingerprint density at radius 3 is 2.18 bits per heavy atom. The molecule has 2 N–H and O–H groups in total. The minimum Gasteiger partial charge on any atom is -0.318 e. The molecule has 22 heavy (non-hydrogen) atoms. The van der Waals surface area contributed by atoms with Crippen LogP contribution in [-0.4, -0.2) is 18.1 Å². The molecule has 0 saturated heterocycles. The van der Waals surface area contributed by atoms with E-state index in [-0.39, 0.29) is 0 Å². The number of hydrogen-bond donors (Lipinski definition) is 2. The maximum atomic E-state index is 13.4. The van der Waals surface area contributed by atoms with E-state index in [1.165, 1.54) is 11.8 Å². The Kier molecular flexibility index (Phi) is 5.11. The molecule has 4 nitrogen and oxygen atoms in total. The molecule has 7 heteroatoms. The van der Waals surface area contributed by atoms with Gasteiger partial charge in [0.15, 0.2) is 0 Å². The Labute approximate surface area is 129 Å². The second kappa shape index (κ2) is 7.04. The van der Waals surface area contributed by atoms with Gasteiger partial charge in [0.25, 0.3) is 0 Å². The third-order valence-corrected chi connectivity index (χ3v) is 3.46. The van der Waals surface area contributed by atoms with Gasteiger partial charge in [-0.15, -0.1) is 11.8 Å². The Morgan fingerprint density at radius 2 is 1.55 bits per heavy atom. The molecule has 0 saturated carbocycles. The number of nitrogens with one attached hydrogen (secondary N) is 2. The van der Waals surface area contributed by atoms with Gasteiger partial charge >= 0.3 is 11.8 Å². The van der Waals surface area contributed by atoms with Gasteiger partial charge in [-0.05, 0) is 36.6 Å². The van der Waals surface area contributed by atoms with Gasteiger partial charge in [0.05, 0.1) is 0 Å². The highest BCUT2D eigenvalue weighted by Crippen LogP contribution is 2.20. The van der Waals surface area contributed by atoms with E-state index in [4.69, 9.17) is 0 Å². The molecule has 0 radical (unpaired) electrons. The molecule has 0 heterocycles. The number of rotatable bonds is 3. The number of carbonyl (C=O) groups excluding carboxylic acids is 2. The van der Waals surface area contributed by atoms with Crippen LogP contribution in [0, 0.1) is 11.6 Å². The largest absolute Gasteiger partial charge is 0.318 e. The number of carbonyl (C=O) groups is 2. The maximum absolute atomic E-state index is 13.4. The van der Waals surface area contributed by atoms with Gasteiger partial charge in [-0.2, -0.15) is 0 Å². The van der Waals surface area contributed by atoms with Gasteiger partial charge in [0.2, 0.25) is 0 Å². The van der Waals surface area contributed by atoms with E-state index in [0.717, 1.165) is 23.1 Å². The van der Waals surface area contributed by atoms with Gasteiger partial charge in [-0.25, -0.2) is 8.78 Å². The average molecular weight is 322 g/mol. The molecule has 0 spiro atoms. The summed E-state index contributed by atoms with van der Waals surface area (Å²) < 4.78 is 26.8. The van der Waals surface area contributed by atoms with Crippen molar-refractivity contribution in [2.24, 2.45) is 0 Å². The molecule has 2 aromatic carbocycles. The zero-order chi connectivity index (χ0) is 16.1. The minimum atomic E-state index is -1.15. The van der Waals surface area contributed by atoms with E-state index in [1.54, 1.807) is 18.2 Å². The summed E-state index contributed by atoms with van der Waals surface area (Å²) in [5.74, 6) is -4.07. The Bertz CT molecular complexity index is 702. The summed E-state index contributed by atoms with van der Waals surface area (Å²) in [7, 11) is 0. The first-order chi connectivity index (χ1) is 10.5. The van der Waals surface area contributed by atoms with Crippen molar-refractivity contribution >= 4 is 35.0 Å². The third-order valence-electron chi connectivity index (χ3n) is 2.74. The fourth-order valence-corrected chi connectivity index (χ4v) is 2.14. The molecule has 0 bridgehead atoms. The Balaban J connectivity index is 2.08.